The highest BCUT2D eigenvalue weighted by molar-refractivity contribution is 5.47. The molecule has 102 valence electrons. The summed E-state index contributed by atoms with van der Waals surface area (Å²) in [6.45, 7) is 1.80. The molecule has 1 rings (SSSR count). The maximum Gasteiger partial charge on any atom is 0.390 e. The van der Waals surface area contributed by atoms with E-state index in [0.29, 0.717) is 12.1 Å². The van der Waals surface area contributed by atoms with Gasteiger partial charge < -0.3 is 10.0 Å². The summed E-state index contributed by atoms with van der Waals surface area (Å²) < 4.78 is 36.3. The summed E-state index contributed by atoms with van der Waals surface area (Å²) in [6, 6.07) is 6.94. The predicted octanol–water partition coefficient (Wildman–Crippen LogP) is 3.52. The first-order valence-corrected chi connectivity index (χ1v) is 5.89. The minimum absolute atomic E-state index is 0.0703. The molecule has 0 radical (unpaired) electrons. The number of hydrogen-bond acceptors (Lipinski definition) is 2. The van der Waals surface area contributed by atoms with E-state index < -0.39 is 18.7 Å². The van der Waals surface area contributed by atoms with Gasteiger partial charge in [0.2, 0.25) is 0 Å². The SMILES string of the molecule is CC[C@@H](O)c1ccc(N(C)CCC(F)(F)F)cc1. The molecule has 1 aromatic carbocycles. The van der Waals surface area contributed by atoms with Gasteiger partial charge in [-0.3, -0.25) is 0 Å². The van der Waals surface area contributed by atoms with Crippen molar-refractivity contribution < 1.29 is 18.3 Å². The van der Waals surface area contributed by atoms with E-state index in [1.165, 1.54) is 0 Å². The summed E-state index contributed by atoms with van der Waals surface area (Å²) >= 11 is 0. The summed E-state index contributed by atoms with van der Waals surface area (Å²) in [4.78, 5) is 1.55. The lowest BCUT2D eigenvalue weighted by atomic mass is 10.1. The topological polar surface area (TPSA) is 23.5 Å². The van der Waals surface area contributed by atoms with Crippen molar-refractivity contribution >= 4 is 5.69 Å². The van der Waals surface area contributed by atoms with Crippen LogP contribution in [-0.2, 0) is 0 Å². The Bertz CT molecular complexity index is 361. The molecule has 5 heteroatoms. The molecule has 0 aliphatic rings. The van der Waals surface area contributed by atoms with Crippen LogP contribution in [0.2, 0.25) is 0 Å². The van der Waals surface area contributed by atoms with Crippen LogP contribution in [0.1, 0.15) is 31.4 Å². The number of nitrogens with zero attached hydrogens (tertiary/aromatic N) is 1. The van der Waals surface area contributed by atoms with Crippen LogP contribution >= 0.6 is 0 Å². The molecule has 0 heterocycles. The molecule has 0 saturated heterocycles. The van der Waals surface area contributed by atoms with Crippen molar-refractivity contribution in [2.24, 2.45) is 0 Å². The largest absolute Gasteiger partial charge is 0.390 e. The molecule has 0 unspecified atom stereocenters. The number of hydrogen-bond donors (Lipinski definition) is 1. The third-order valence-electron chi connectivity index (χ3n) is 2.84. The van der Waals surface area contributed by atoms with Gasteiger partial charge in [0.15, 0.2) is 0 Å². The monoisotopic (exact) mass is 261 g/mol. The molecular formula is C13H18F3NO. The molecule has 0 amide bonds. The molecule has 0 saturated carbocycles. The lowest BCUT2D eigenvalue weighted by Gasteiger charge is -2.20. The Morgan fingerprint density at radius 2 is 1.78 bits per heavy atom. The second-order valence-electron chi connectivity index (χ2n) is 4.30. The van der Waals surface area contributed by atoms with Crippen LogP contribution in [-0.4, -0.2) is 24.9 Å². The number of anilines is 1. The van der Waals surface area contributed by atoms with Crippen molar-refractivity contribution in [3.8, 4) is 0 Å². The quantitative estimate of drug-likeness (QED) is 0.876. The van der Waals surface area contributed by atoms with Crippen LogP contribution in [0.25, 0.3) is 0 Å². The highest BCUT2D eigenvalue weighted by atomic mass is 19.4. The van der Waals surface area contributed by atoms with Gasteiger partial charge in [-0.2, -0.15) is 13.2 Å². The summed E-state index contributed by atoms with van der Waals surface area (Å²) in [6.07, 6.45) is -4.86. The van der Waals surface area contributed by atoms with Gasteiger partial charge in [-0.15, -0.1) is 0 Å². The van der Waals surface area contributed by atoms with Crippen LogP contribution in [0.15, 0.2) is 24.3 Å². The van der Waals surface area contributed by atoms with Gasteiger partial charge in [0, 0.05) is 19.3 Å². The minimum atomic E-state index is -4.13. The standard InChI is InChI=1S/C13H18F3NO/c1-3-12(18)10-4-6-11(7-5-10)17(2)9-8-13(14,15)16/h4-7,12,18H,3,8-9H2,1-2H3/t12-/m1/s1. The number of aliphatic hydroxyl groups excluding tert-OH is 1. The van der Waals surface area contributed by atoms with Crippen molar-refractivity contribution in [1.82, 2.24) is 0 Å². The first kappa shape index (κ1) is 14.8. The van der Waals surface area contributed by atoms with E-state index >= 15 is 0 Å². The molecule has 0 bridgehead atoms. The maximum atomic E-state index is 12.1. The fourth-order valence-electron chi connectivity index (χ4n) is 1.61. The number of benzene rings is 1. The summed E-state index contributed by atoms with van der Waals surface area (Å²) in [7, 11) is 1.62. The Hall–Kier alpha value is -1.23. The first-order chi connectivity index (χ1) is 8.33. The summed E-state index contributed by atoms with van der Waals surface area (Å²) in [5, 5.41) is 9.61. The van der Waals surface area contributed by atoms with E-state index in [1.807, 2.05) is 6.92 Å². The third-order valence-corrected chi connectivity index (χ3v) is 2.84. The van der Waals surface area contributed by atoms with Gasteiger partial charge in [-0.25, -0.2) is 0 Å². The normalized spacial score (nSPS) is 13.4. The number of aliphatic hydroxyl groups is 1. The molecule has 0 aliphatic carbocycles. The lowest BCUT2D eigenvalue weighted by Crippen LogP contribution is -2.23. The average Bonchev–Trinajstić information content (AvgIpc) is 2.34. The zero-order valence-electron chi connectivity index (χ0n) is 10.5. The number of alkyl halides is 3. The fourth-order valence-corrected chi connectivity index (χ4v) is 1.61. The van der Waals surface area contributed by atoms with Crippen molar-refractivity contribution in [2.75, 3.05) is 18.5 Å². The van der Waals surface area contributed by atoms with Crippen LogP contribution in [0, 0.1) is 0 Å². The van der Waals surface area contributed by atoms with E-state index in [4.69, 9.17) is 0 Å². The zero-order chi connectivity index (χ0) is 13.8. The molecule has 18 heavy (non-hydrogen) atoms. The maximum absolute atomic E-state index is 12.1. The highest BCUT2D eigenvalue weighted by Gasteiger charge is 2.27. The molecule has 1 aromatic rings. The van der Waals surface area contributed by atoms with Crippen molar-refractivity contribution in [3.05, 3.63) is 29.8 Å². The Balaban J connectivity index is 2.62. The Kier molecular flexibility index (Phi) is 5.02. The number of halogens is 3. The Morgan fingerprint density at radius 3 is 2.22 bits per heavy atom. The molecular weight excluding hydrogens is 243 g/mol. The van der Waals surface area contributed by atoms with Crippen molar-refractivity contribution in [1.29, 1.82) is 0 Å². The van der Waals surface area contributed by atoms with Crippen molar-refractivity contribution in [3.63, 3.8) is 0 Å². The highest BCUT2D eigenvalue weighted by Crippen LogP contribution is 2.23. The van der Waals surface area contributed by atoms with E-state index in [9.17, 15) is 18.3 Å². The third kappa shape index (κ3) is 4.56. The van der Waals surface area contributed by atoms with Crippen molar-refractivity contribution in [2.45, 2.75) is 32.0 Å². The predicted molar refractivity (Wildman–Crippen MR) is 65.6 cm³/mol. The van der Waals surface area contributed by atoms with E-state index in [-0.39, 0.29) is 6.54 Å². The van der Waals surface area contributed by atoms with E-state index in [1.54, 1.807) is 36.2 Å². The van der Waals surface area contributed by atoms with Crippen LogP contribution in [0.4, 0.5) is 18.9 Å². The van der Waals surface area contributed by atoms with Gasteiger partial charge >= 0.3 is 6.18 Å². The molecule has 0 aliphatic heterocycles. The van der Waals surface area contributed by atoms with Gasteiger partial charge in [0.05, 0.1) is 12.5 Å². The smallest absolute Gasteiger partial charge is 0.388 e. The Morgan fingerprint density at radius 1 is 1.22 bits per heavy atom. The molecule has 0 spiro atoms. The van der Waals surface area contributed by atoms with Crippen LogP contribution in [0.5, 0.6) is 0 Å². The Labute approximate surface area is 105 Å². The van der Waals surface area contributed by atoms with E-state index in [2.05, 4.69) is 0 Å². The van der Waals surface area contributed by atoms with Gasteiger partial charge in [-0.1, -0.05) is 19.1 Å². The molecule has 0 fully saturated rings. The number of rotatable bonds is 5. The zero-order valence-corrected chi connectivity index (χ0v) is 10.5. The summed E-state index contributed by atoms with van der Waals surface area (Å²) in [5.74, 6) is 0. The van der Waals surface area contributed by atoms with E-state index in [0.717, 1.165) is 5.56 Å². The van der Waals surface area contributed by atoms with Gasteiger partial charge in [-0.05, 0) is 24.1 Å². The second-order valence-corrected chi connectivity index (χ2v) is 4.30. The molecule has 2 nitrogen and oxygen atoms in total. The minimum Gasteiger partial charge on any atom is -0.388 e. The second kappa shape index (κ2) is 6.09. The van der Waals surface area contributed by atoms with Gasteiger partial charge in [0.1, 0.15) is 0 Å². The molecule has 1 N–H and O–H groups in total. The van der Waals surface area contributed by atoms with Crippen LogP contribution in [0.3, 0.4) is 0 Å². The average molecular weight is 261 g/mol. The molecule has 0 aromatic heterocycles. The summed E-state index contributed by atoms with van der Waals surface area (Å²) in [5.41, 5.74) is 1.50. The fraction of sp³-hybridized carbons (Fsp3) is 0.538. The van der Waals surface area contributed by atoms with Crippen LogP contribution < -0.4 is 4.90 Å². The lowest BCUT2D eigenvalue weighted by molar-refractivity contribution is -0.132. The molecule has 1 atom stereocenters. The van der Waals surface area contributed by atoms with Gasteiger partial charge in [0.25, 0.3) is 0 Å². The first-order valence-electron chi connectivity index (χ1n) is 5.89.